The van der Waals surface area contributed by atoms with Gasteiger partial charge in [0.25, 0.3) is 5.56 Å². The van der Waals surface area contributed by atoms with E-state index in [-0.39, 0.29) is 33.5 Å². The molecule has 0 saturated carbocycles. The number of aromatic amines is 1. The molecule has 31 heavy (non-hydrogen) atoms. The van der Waals surface area contributed by atoms with Gasteiger partial charge in [-0.2, -0.15) is 13.2 Å². The molecule has 0 bridgehead atoms. The molecule has 0 radical (unpaired) electrons. The first-order valence-electron chi connectivity index (χ1n) is 9.22. The van der Waals surface area contributed by atoms with Crippen molar-refractivity contribution < 1.29 is 21.6 Å². The number of nitrogens with zero attached hydrogens (tertiary/aromatic N) is 3. The Labute approximate surface area is 179 Å². The predicted molar refractivity (Wildman–Crippen MR) is 106 cm³/mol. The number of benzene rings is 1. The summed E-state index contributed by atoms with van der Waals surface area (Å²) in [5.74, 6) is -1.29. The number of nitrogens with one attached hydrogen (secondary N) is 1. The number of hydrogen-bond acceptors (Lipinski definition) is 7. The maximum absolute atomic E-state index is 12.8. The van der Waals surface area contributed by atoms with E-state index < -0.39 is 27.4 Å². The molecule has 1 aliphatic rings. The Bertz CT molecular complexity index is 1280. The van der Waals surface area contributed by atoms with Crippen LogP contribution in [0.3, 0.4) is 0 Å². The summed E-state index contributed by atoms with van der Waals surface area (Å²) in [7, 11) is -3.73. The molecule has 0 saturated heterocycles. The first-order valence-corrected chi connectivity index (χ1v) is 11.5. The predicted octanol–water partition coefficient (Wildman–Crippen LogP) is 2.94. The Morgan fingerprint density at radius 3 is 2.61 bits per heavy atom. The molecule has 0 unspecified atom stereocenters. The van der Waals surface area contributed by atoms with Crippen LogP contribution in [0.5, 0.6) is 0 Å². The SMILES string of the molecule is Cc1ccc(S(=O)(=O)c2ncc(CN3CCc4nc(C(F)(F)F)[nH]c(=O)c4C3)s2)cc1. The fourth-order valence-electron chi connectivity index (χ4n) is 3.28. The van der Waals surface area contributed by atoms with Crippen molar-refractivity contribution in [3.63, 3.8) is 0 Å². The summed E-state index contributed by atoms with van der Waals surface area (Å²) in [6.45, 7) is 2.69. The summed E-state index contributed by atoms with van der Waals surface area (Å²) in [5.41, 5.74) is 0.459. The highest BCUT2D eigenvalue weighted by atomic mass is 32.2. The molecule has 1 N–H and O–H groups in total. The summed E-state index contributed by atoms with van der Waals surface area (Å²) < 4.78 is 64.0. The van der Waals surface area contributed by atoms with Gasteiger partial charge in [0.05, 0.1) is 16.2 Å². The van der Waals surface area contributed by atoms with Gasteiger partial charge in [0.15, 0.2) is 0 Å². The largest absolute Gasteiger partial charge is 0.449 e. The number of sulfone groups is 1. The molecular formula is C19H17F3N4O3S2. The number of H-pyrrole nitrogens is 1. The molecule has 0 amide bonds. The summed E-state index contributed by atoms with van der Waals surface area (Å²) >= 11 is 1.03. The van der Waals surface area contributed by atoms with Crippen LogP contribution < -0.4 is 5.56 Å². The lowest BCUT2D eigenvalue weighted by Gasteiger charge is -2.27. The topological polar surface area (TPSA) is 96.0 Å². The summed E-state index contributed by atoms with van der Waals surface area (Å²) in [4.78, 5) is 24.2. The zero-order valence-electron chi connectivity index (χ0n) is 16.2. The highest BCUT2D eigenvalue weighted by molar-refractivity contribution is 7.93. The van der Waals surface area contributed by atoms with Crippen molar-refractivity contribution in [1.82, 2.24) is 19.9 Å². The van der Waals surface area contributed by atoms with Gasteiger partial charge in [-0.15, -0.1) is 11.3 Å². The van der Waals surface area contributed by atoms with Crippen LogP contribution in [0.1, 0.15) is 27.5 Å². The van der Waals surface area contributed by atoms with Crippen LogP contribution >= 0.6 is 11.3 Å². The van der Waals surface area contributed by atoms with Gasteiger partial charge in [-0.1, -0.05) is 17.7 Å². The second kappa shape index (κ2) is 7.84. The van der Waals surface area contributed by atoms with E-state index in [1.165, 1.54) is 18.3 Å². The average molecular weight is 470 g/mol. The quantitative estimate of drug-likeness (QED) is 0.630. The number of alkyl halides is 3. The molecule has 0 fully saturated rings. The van der Waals surface area contributed by atoms with Crippen molar-refractivity contribution in [3.05, 3.63) is 68.3 Å². The Morgan fingerprint density at radius 1 is 1.23 bits per heavy atom. The van der Waals surface area contributed by atoms with Crippen LogP contribution in [0.25, 0.3) is 0 Å². The van der Waals surface area contributed by atoms with Crippen molar-refractivity contribution in [2.75, 3.05) is 6.54 Å². The first-order chi connectivity index (χ1) is 14.5. The van der Waals surface area contributed by atoms with Crippen molar-refractivity contribution in [1.29, 1.82) is 0 Å². The number of rotatable bonds is 4. The van der Waals surface area contributed by atoms with Crippen LogP contribution in [0.4, 0.5) is 13.2 Å². The van der Waals surface area contributed by atoms with Crippen LogP contribution in [-0.2, 0) is 35.5 Å². The molecule has 164 valence electrons. The minimum Gasteiger partial charge on any atom is -0.303 e. The average Bonchev–Trinajstić information content (AvgIpc) is 3.17. The standard InChI is InChI=1S/C19H17F3N4O3S2/c1-11-2-4-13(5-3-11)31(28,29)18-23-8-12(30-18)9-26-7-6-15-14(10-26)16(27)25-17(24-15)19(20,21)22/h2-5,8H,6-7,9-10H2,1H3,(H,24,25,27). The fourth-order valence-corrected chi connectivity index (χ4v) is 5.89. The smallest absolute Gasteiger partial charge is 0.303 e. The van der Waals surface area contributed by atoms with Gasteiger partial charge < -0.3 is 4.98 Å². The third-order valence-electron chi connectivity index (χ3n) is 4.89. The highest BCUT2D eigenvalue weighted by Crippen LogP contribution is 2.29. The molecule has 1 aromatic carbocycles. The maximum Gasteiger partial charge on any atom is 0.449 e. The van der Waals surface area contributed by atoms with Gasteiger partial charge in [-0.3, -0.25) is 9.69 Å². The van der Waals surface area contributed by atoms with Crippen molar-refractivity contribution in [2.45, 2.75) is 41.8 Å². The molecule has 3 aromatic rings. The van der Waals surface area contributed by atoms with Crippen molar-refractivity contribution in [3.8, 4) is 0 Å². The number of aryl methyl sites for hydroxylation is 1. The summed E-state index contributed by atoms with van der Waals surface area (Å²) in [5, 5.41) is 0. The van der Waals surface area contributed by atoms with Crippen LogP contribution in [0.2, 0.25) is 0 Å². The molecule has 0 atom stereocenters. The van der Waals surface area contributed by atoms with Crippen molar-refractivity contribution in [2.24, 2.45) is 0 Å². The third kappa shape index (κ3) is 4.41. The maximum atomic E-state index is 12.8. The van der Waals surface area contributed by atoms with Gasteiger partial charge in [-0.25, -0.2) is 18.4 Å². The van der Waals surface area contributed by atoms with Gasteiger partial charge in [-0.05, 0) is 19.1 Å². The van der Waals surface area contributed by atoms with E-state index in [1.54, 1.807) is 17.1 Å². The van der Waals surface area contributed by atoms with E-state index in [4.69, 9.17) is 0 Å². The van der Waals surface area contributed by atoms with E-state index in [1.807, 2.05) is 11.8 Å². The first kappa shape index (κ1) is 21.7. The summed E-state index contributed by atoms with van der Waals surface area (Å²) in [6, 6.07) is 6.48. The van der Waals surface area contributed by atoms with Crippen LogP contribution in [-0.4, -0.2) is 34.8 Å². The molecule has 12 heteroatoms. The van der Waals surface area contributed by atoms with E-state index in [0.29, 0.717) is 18.0 Å². The monoisotopic (exact) mass is 470 g/mol. The van der Waals surface area contributed by atoms with E-state index in [2.05, 4.69) is 9.97 Å². The Morgan fingerprint density at radius 2 is 1.94 bits per heavy atom. The van der Waals surface area contributed by atoms with Crippen molar-refractivity contribution >= 4 is 21.2 Å². The molecule has 7 nitrogen and oxygen atoms in total. The molecule has 0 spiro atoms. The van der Waals surface area contributed by atoms with Gasteiger partial charge in [0, 0.05) is 37.1 Å². The van der Waals surface area contributed by atoms with E-state index in [9.17, 15) is 26.4 Å². The Hall–Kier alpha value is -2.57. The van der Waals surface area contributed by atoms with Gasteiger partial charge in [0.2, 0.25) is 20.0 Å². The van der Waals surface area contributed by atoms with Gasteiger partial charge >= 0.3 is 6.18 Å². The normalized spacial score (nSPS) is 15.1. The number of fused-ring (bicyclic) bond motifs is 1. The zero-order valence-corrected chi connectivity index (χ0v) is 17.9. The second-order valence-corrected chi connectivity index (χ2v) is 10.4. The van der Waals surface area contributed by atoms with Gasteiger partial charge in [0.1, 0.15) is 0 Å². The number of thiazole rings is 1. The van der Waals surface area contributed by atoms with E-state index in [0.717, 1.165) is 16.9 Å². The number of halogens is 3. The lowest BCUT2D eigenvalue weighted by Crippen LogP contribution is -2.36. The second-order valence-electron chi connectivity index (χ2n) is 7.21. The van der Waals surface area contributed by atoms with Crippen LogP contribution in [0.15, 0.2) is 44.5 Å². The highest BCUT2D eigenvalue weighted by Gasteiger charge is 2.36. The molecule has 3 heterocycles. The molecule has 0 aliphatic carbocycles. The lowest BCUT2D eigenvalue weighted by molar-refractivity contribution is -0.145. The number of aromatic nitrogens is 3. The minimum absolute atomic E-state index is 0.0295. The number of hydrogen-bond donors (Lipinski definition) is 1. The summed E-state index contributed by atoms with van der Waals surface area (Å²) in [6.07, 6.45) is -3.06. The van der Waals surface area contributed by atoms with E-state index >= 15 is 0 Å². The molecule has 2 aromatic heterocycles. The molecule has 1 aliphatic heterocycles. The third-order valence-corrected chi connectivity index (χ3v) is 8.03. The Balaban J connectivity index is 1.52. The molecular weight excluding hydrogens is 453 g/mol. The lowest BCUT2D eigenvalue weighted by atomic mass is 10.1. The molecule has 4 rings (SSSR count). The minimum atomic E-state index is -4.71. The zero-order chi connectivity index (χ0) is 22.4. The Kier molecular flexibility index (Phi) is 5.48. The van der Waals surface area contributed by atoms with Crippen LogP contribution in [0, 0.1) is 6.92 Å². The fraction of sp³-hybridized carbons (Fsp3) is 0.316.